The number of hydrogen-bond acceptors (Lipinski definition) is 4. The van der Waals surface area contributed by atoms with Gasteiger partial charge in [0.2, 0.25) is 0 Å². The summed E-state index contributed by atoms with van der Waals surface area (Å²) in [7, 11) is 0. The Morgan fingerprint density at radius 2 is 1.62 bits per heavy atom. The third kappa shape index (κ3) is 4.63. The number of rotatable bonds is 8. The molecule has 7 heteroatoms. The maximum atomic E-state index is 13.1. The zero-order chi connectivity index (χ0) is 24.1. The highest BCUT2D eigenvalue weighted by Crippen LogP contribution is 2.24. The Morgan fingerprint density at radius 3 is 2.29 bits per heavy atom. The molecule has 0 spiro atoms. The summed E-state index contributed by atoms with van der Waals surface area (Å²) in [6.45, 7) is 3.96. The molecule has 4 aromatic rings. The van der Waals surface area contributed by atoms with E-state index in [9.17, 15) is 19.5 Å². The fraction of sp³-hybridized carbons (Fsp3) is 0.111. The molecule has 1 aromatic heterocycles. The normalized spacial score (nSPS) is 10.7. The summed E-state index contributed by atoms with van der Waals surface area (Å²) in [6, 6.07) is 22.7. The second-order valence-electron chi connectivity index (χ2n) is 7.74. The number of aryl methyl sites for hydroxylation is 1. The van der Waals surface area contributed by atoms with Crippen molar-refractivity contribution in [1.82, 2.24) is 14.3 Å². The molecule has 34 heavy (non-hydrogen) atoms. The van der Waals surface area contributed by atoms with Crippen molar-refractivity contribution in [3.8, 4) is 11.1 Å². The first-order valence-electron chi connectivity index (χ1n) is 10.8. The maximum Gasteiger partial charge on any atom is 0.353 e. The molecule has 0 radical (unpaired) electrons. The molecule has 1 heterocycles. The highest BCUT2D eigenvalue weighted by atomic mass is 16.4. The fourth-order valence-corrected chi connectivity index (χ4v) is 3.74. The minimum Gasteiger partial charge on any atom is -0.478 e. The van der Waals surface area contributed by atoms with Crippen LogP contribution in [0.2, 0.25) is 0 Å². The molecule has 7 nitrogen and oxygen atoms in total. The number of allylic oxidation sites excluding steroid dienone is 1. The summed E-state index contributed by atoms with van der Waals surface area (Å²) in [5.74, 6) is -0.979. The van der Waals surface area contributed by atoms with E-state index in [1.165, 1.54) is 4.57 Å². The molecule has 0 fully saturated rings. The number of carbonyl (C=O) groups is 2. The second-order valence-corrected chi connectivity index (χ2v) is 7.74. The second kappa shape index (κ2) is 9.95. The Balaban J connectivity index is 1.66. The van der Waals surface area contributed by atoms with Crippen LogP contribution in [0.4, 0.5) is 0 Å². The van der Waals surface area contributed by atoms with Crippen LogP contribution in [-0.2, 0) is 13.0 Å². The standard InChI is InChI=1S/C27H23N3O4/c1-2-3-13-24-28-30(25(31)21-9-5-4-6-10-21)27(34)29(24)18-19-14-16-20(17-15-19)22-11-7-8-12-23(22)26(32)33/h2,4-12,14-17H,1,3,13,18H2,(H,32,33). The highest BCUT2D eigenvalue weighted by Gasteiger charge is 2.19. The minimum atomic E-state index is -0.992. The van der Waals surface area contributed by atoms with Gasteiger partial charge in [-0.3, -0.25) is 9.36 Å². The van der Waals surface area contributed by atoms with Crippen molar-refractivity contribution in [3.05, 3.63) is 125 Å². The van der Waals surface area contributed by atoms with Gasteiger partial charge in [-0.25, -0.2) is 9.59 Å². The van der Waals surface area contributed by atoms with Crippen molar-refractivity contribution in [3.63, 3.8) is 0 Å². The Morgan fingerprint density at radius 1 is 0.941 bits per heavy atom. The number of nitrogens with zero attached hydrogens (tertiary/aromatic N) is 3. The summed E-state index contributed by atoms with van der Waals surface area (Å²) in [6.07, 6.45) is 2.82. The van der Waals surface area contributed by atoms with Crippen molar-refractivity contribution < 1.29 is 14.7 Å². The number of carboxylic acid groups (broad SMARTS) is 1. The summed E-state index contributed by atoms with van der Waals surface area (Å²) in [5, 5.41) is 13.8. The van der Waals surface area contributed by atoms with E-state index >= 15 is 0 Å². The van der Waals surface area contributed by atoms with Crippen LogP contribution in [0.5, 0.6) is 0 Å². The van der Waals surface area contributed by atoms with E-state index in [0.717, 1.165) is 15.8 Å². The molecule has 0 aliphatic carbocycles. The Hall–Kier alpha value is -4.52. The van der Waals surface area contributed by atoms with Gasteiger partial charge in [-0.1, -0.05) is 66.7 Å². The van der Waals surface area contributed by atoms with Gasteiger partial charge in [0.05, 0.1) is 12.1 Å². The van der Waals surface area contributed by atoms with Gasteiger partial charge in [-0.15, -0.1) is 16.4 Å². The van der Waals surface area contributed by atoms with Crippen LogP contribution in [0.25, 0.3) is 11.1 Å². The first kappa shape index (κ1) is 22.7. The first-order chi connectivity index (χ1) is 16.5. The summed E-state index contributed by atoms with van der Waals surface area (Å²) in [4.78, 5) is 37.5. The SMILES string of the molecule is C=CCCc1nn(C(=O)c2ccccc2)c(=O)n1Cc1ccc(-c2ccccc2C(=O)O)cc1. The van der Waals surface area contributed by atoms with Crippen LogP contribution in [-0.4, -0.2) is 31.3 Å². The van der Waals surface area contributed by atoms with Crippen LogP contribution in [0.3, 0.4) is 0 Å². The Kier molecular flexibility index (Phi) is 6.64. The molecule has 0 aliphatic rings. The first-order valence-corrected chi connectivity index (χ1v) is 10.8. The van der Waals surface area contributed by atoms with Crippen molar-refractivity contribution in [2.75, 3.05) is 0 Å². The molecule has 0 saturated carbocycles. The molecule has 170 valence electrons. The van der Waals surface area contributed by atoms with E-state index in [1.807, 2.05) is 24.3 Å². The fourth-order valence-electron chi connectivity index (χ4n) is 3.74. The van der Waals surface area contributed by atoms with Crippen LogP contribution in [0, 0.1) is 0 Å². The predicted octanol–water partition coefficient (Wildman–Crippen LogP) is 4.27. The van der Waals surface area contributed by atoms with E-state index < -0.39 is 17.6 Å². The van der Waals surface area contributed by atoms with Crippen molar-refractivity contribution in [1.29, 1.82) is 0 Å². The monoisotopic (exact) mass is 453 g/mol. The molecular formula is C27H23N3O4. The van der Waals surface area contributed by atoms with E-state index in [-0.39, 0.29) is 12.1 Å². The average Bonchev–Trinajstić information content (AvgIpc) is 3.18. The third-order valence-electron chi connectivity index (χ3n) is 5.49. The third-order valence-corrected chi connectivity index (χ3v) is 5.49. The smallest absolute Gasteiger partial charge is 0.353 e. The number of carboxylic acids is 1. The lowest BCUT2D eigenvalue weighted by atomic mass is 9.99. The topological polar surface area (TPSA) is 94.2 Å². The minimum absolute atomic E-state index is 0.221. The van der Waals surface area contributed by atoms with Gasteiger partial charge in [0, 0.05) is 12.0 Å². The molecule has 0 bridgehead atoms. The summed E-state index contributed by atoms with van der Waals surface area (Å²) < 4.78 is 2.40. The molecule has 0 unspecified atom stereocenters. The number of hydrogen-bond donors (Lipinski definition) is 1. The van der Waals surface area contributed by atoms with Crippen molar-refractivity contribution >= 4 is 11.9 Å². The molecule has 4 rings (SSSR count). The largest absolute Gasteiger partial charge is 0.478 e. The molecule has 0 saturated heterocycles. The molecule has 0 amide bonds. The van der Waals surface area contributed by atoms with E-state index in [2.05, 4.69) is 11.7 Å². The van der Waals surface area contributed by atoms with Crippen LogP contribution >= 0.6 is 0 Å². The van der Waals surface area contributed by atoms with Crippen LogP contribution in [0.1, 0.15) is 38.5 Å². The number of aromatic carboxylic acids is 1. The number of aromatic nitrogens is 3. The zero-order valence-electron chi connectivity index (χ0n) is 18.4. The van der Waals surface area contributed by atoms with Crippen LogP contribution < -0.4 is 5.69 Å². The molecular weight excluding hydrogens is 430 g/mol. The van der Waals surface area contributed by atoms with Gasteiger partial charge in [0.1, 0.15) is 5.82 Å². The van der Waals surface area contributed by atoms with E-state index in [0.29, 0.717) is 29.8 Å². The Bertz CT molecular complexity index is 1400. The quantitative estimate of drug-likeness (QED) is 0.402. The van der Waals surface area contributed by atoms with Gasteiger partial charge < -0.3 is 5.11 Å². The zero-order valence-corrected chi connectivity index (χ0v) is 18.4. The number of carbonyl (C=O) groups excluding carboxylic acids is 1. The predicted molar refractivity (Wildman–Crippen MR) is 129 cm³/mol. The van der Waals surface area contributed by atoms with Gasteiger partial charge >= 0.3 is 11.7 Å². The summed E-state index contributed by atoms with van der Waals surface area (Å²) >= 11 is 0. The molecule has 1 N–H and O–H groups in total. The van der Waals surface area contributed by atoms with E-state index in [1.54, 1.807) is 60.7 Å². The van der Waals surface area contributed by atoms with Crippen molar-refractivity contribution in [2.24, 2.45) is 0 Å². The molecule has 3 aromatic carbocycles. The van der Waals surface area contributed by atoms with Crippen LogP contribution in [0.15, 0.2) is 96.3 Å². The van der Waals surface area contributed by atoms with Crippen molar-refractivity contribution in [2.45, 2.75) is 19.4 Å². The molecule has 0 atom stereocenters. The molecule has 0 aliphatic heterocycles. The van der Waals surface area contributed by atoms with Gasteiger partial charge in [-0.2, -0.15) is 0 Å². The number of benzene rings is 3. The Labute approximate surface area is 196 Å². The lowest BCUT2D eigenvalue weighted by Crippen LogP contribution is -2.30. The summed E-state index contributed by atoms with van der Waals surface area (Å²) in [5.41, 5.74) is 2.30. The van der Waals surface area contributed by atoms with Gasteiger partial charge in [-0.05, 0) is 41.3 Å². The van der Waals surface area contributed by atoms with E-state index in [4.69, 9.17) is 0 Å². The lowest BCUT2D eigenvalue weighted by Gasteiger charge is -2.09. The van der Waals surface area contributed by atoms with Gasteiger partial charge in [0.25, 0.3) is 5.91 Å². The average molecular weight is 453 g/mol. The maximum absolute atomic E-state index is 13.1. The lowest BCUT2D eigenvalue weighted by molar-refractivity contribution is 0.0697. The highest BCUT2D eigenvalue weighted by molar-refractivity contribution is 5.96. The van der Waals surface area contributed by atoms with Gasteiger partial charge in [0.15, 0.2) is 0 Å².